The van der Waals surface area contributed by atoms with Crippen molar-refractivity contribution in [1.29, 1.82) is 0 Å². The van der Waals surface area contributed by atoms with Gasteiger partial charge < -0.3 is 10.4 Å². The van der Waals surface area contributed by atoms with Crippen molar-refractivity contribution >= 4 is 12.4 Å². The Morgan fingerprint density at radius 3 is 1.36 bits per heavy atom. The average molecular weight is 338 g/mol. The van der Waals surface area contributed by atoms with Crippen molar-refractivity contribution in [2.24, 2.45) is 10.3 Å². The Hall–Kier alpha value is -2.62. The molecule has 2 aromatic rings. The minimum atomic E-state index is 0.786. The molecule has 0 aliphatic rings. The van der Waals surface area contributed by atoms with Crippen LogP contribution in [-0.2, 0) is 6.42 Å². The van der Waals surface area contributed by atoms with Crippen molar-refractivity contribution in [2.45, 2.75) is 48.0 Å². The monoisotopic (exact) mass is 338 g/mol. The highest BCUT2D eigenvalue weighted by Gasteiger charge is 2.15. The fraction of sp³-hybridized carbons (Fsp3) is 0.333. The highest BCUT2D eigenvalue weighted by Crippen LogP contribution is 2.28. The molecule has 4 nitrogen and oxygen atoms in total. The van der Waals surface area contributed by atoms with Gasteiger partial charge in [-0.25, -0.2) is 0 Å². The number of aryl methyl sites for hydroxylation is 4. The molecule has 132 valence electrons. The van der Waals surface area contributed by atoms with Gasteiger partial charge in [0.25, 0.3) is 0 Å². The molecule has 2 aromatic carbocycles. The molecule has 0 saturated carbocycles. The second kappa shape index (κ2) is 7.51. The molecular weight excluding hydrogens is 312 g/mol. The van der Waals surface area contributed by atoms with Gasteiger partial charge in [-0.3, -0.25) is 0 Å². The minimum absolute atomic E-state index is 0.786. The summed E-state index contributed by atoms with van der Waals surface area (Å²) in [6.45, 7) is 12.4. The molecule has 0 atom stereocenters. The zero-order chi connectivity index (χ0) is 18.7. The fourth-order valence-corrected chi connectivity index (χ4v) is 3.72. The van der Waals surface area contributed by atoms with Gasteiger partial charge in [0.1, 0.15) is 0 Å². The second-order valence-corrected chi connectivity index (χ2v) is 6.72. The number of hydrogen-bond donors (Lipinski definition) is 2. The van der Waals surface area contributed by atoms with E-state index in [0.717, 1.165) is 39.8 Å². The summed E-state index contributed by atoms with van der Waals surface area (Å²) < 4.78 is 0. The first-order chi connectivity index (χ1) is 11.8. The maximum atomic E-state index is 8.96. The molecule has 0 aliphatic carbocycles. The maximum absolute atomic E-state index is 8.96. The van der Waals surface area contributed by atoms with Gasteiger partial charge in [-0.05, 0) is 92.5 Å². The summed E-state index contributed by atoms with van der Waals surface area (Å²) >= 11 is 0. The van der Waals surface area contributed by atoms with E-state index in [1.807, 2.05) is 13.8 Å². The topological polar surface area (TPSA) is 65.2 Å². The number of nitrogens with zero attached hydrogens (tertiary/aromatic N) is 2. The Kier molecular flexibility index (Phi) is 5.62. The molecule has 4 heteroatoms. The van der Waals surface area contributed by atoms with E-state index in [0.29, 0.717) is 0 Å². The summed E-state index contributed by atoms with van der Waals surface area (Å²) in [5, 5.41) is 24.4. The van der Waals surface area contributed by atoms with Crippen LogP contribution in [0.5, 0.6) is 0 Å². The van der Waals surface area contributed by atoms with Crippen LogP contribution in [0.2, 0.25) is 0 Å². The minimum Gasteiger partial charge on any atom is -0.411 e. The molecule has 2 N–H and O–H groups in total. The van der Waals surface area contributed by atoms with Crippen LogP contribution in [0.1, 0.15) is 55.6 Å². The lowest BCUT2D eigenvalue weighted by molar-refractivity contribution is 0.321. The van der Waals surface area contributed by atoms with Crippen LogP contribution in [0.15, 0.2) is 22.4 Å². The lowest BCUT2D eigenvalue weighted by Crippen LogP contribution is -2.07. The van der Waals surface area contributed by atoms with Gasteiger partial charge in [-0.15, -0.1) is 0 Å². The van der Waals surface area contributed by atoms with Crippen molar-refractivity contribution in [3.05, 3.63) is 67.8 Å². The Morgan fingerprint density at radius 1 is 0.680 bits per heavy atom. The third-order valence-corrected chi connectivity index (χ3v) is 5.11. The van der Waals surface area contributed by atoms with Crippen LogP contribution >= 0.6 is 0 Å². The van der Waals surface area contributed by atoms with Gasteiger partial charge in [-0.1, -0.05) is 22.4 Å². The molecule has 0 radical (unpaired) electrons. The molecule has 0 heterocycles. The average Bonchev–Trinajstić information content (AvgIpc) is 2.54. The third kappa shape index (κ3) is 3.58. The second-order valence-electron chi connectivity index (χ2n) is 6.72. The Balaban J connectivity index is 2.65. The molecule has 0 unspecified atom stereocenters. The van der Waals surface area contributed by atoms with E-state index >= 15 is 0 Å². The van der Waals surface area contributed by atoms with Crippen LogP contribution in [0.3, 0.4) is 0 Å². The number of rotatable bonds is 4. The number of oxime groups is 2. The molecule has 0 fully saturated rings. The molecule has 0 saturated heterocycles. The first-order valence-corrected chi connectivity index (χ1v) is 8.36. The summed E-state index contributed by atoms with van der Waals surface area (Å²) in [7, 11) is 0. The normalized spacial score (nSPS) is 11.8. The van der Waals surface area contributed by atoms with Crippen LogP contribution in [0.4, 0.5) is 0 Å². The van der Waals surface area contributed by atoms with Crippen molar-refractivity contribution in [2.75, 3.05) is 0 Å². The van der Waals surface area contributed by atoms with E-state index in [9.17, 15) is 0 Å². The first kappa shape index (κ1) is 18.7. The van der Waals surface area contributed by atoms with Crippen molar-refractivity contribution in [3.63, 3.8) is 0 Å². The smallest absolute Gasteiger partial charge is 0.0739 e. The van der Waals surface area contributed by atoms with E-state index in [1.54, 1.807) is 0 Å². The predicted octanol–water partition coefficient (Wildman–Crippen LogP) is 4.74. The van der Waals surface area contributed by atoms with Crippen LogP contribution in [-0.4, -0.2) is 22.8 Å². The van der Waals surface area contributed by atoms with Gasteiger partial charge in [0.15, 0.2) is 0 Å². The molecule has 25 heavy (non-hydrogen) atoms. The summed E-state index contributed by atoms with van der Waals surface area (Å²) in [5.74, 6) is 0. The van der Waals surface area contributed by atoms with Crippen LogP contribution < -0.4 is 0 Å². The highest BCUT2D eigenvalue weighted by molar-refractivity contribution is 5.85. The summed E-state index contributed by atoms with van der Waals surface area (Å²) in [5.41, 5.74) is 11.3. The Labute approximate surface area is 149 Å². The largest absolute Gasteiger partial charge is 0.411 e. The van der Waals surface area contributed by atoms with E-state index in [-0.39, 0.29) is 0 Å². The van der Waals surface area contributed by atoms with Gasteiger partial charge in [-0.2, -0.15) is 0 Å². The summed E-state index contributed by atoms with van der Waals surface area (Å²) in [6.07, 6.45) is 3.80. The Bertz CT molecular complexity index is 794. The molecule has 0 spiro atoms. The van der Waals surface area contributed by atoms with Gasteiger partial charge in [0.05, 0.1) is 12.4 Å². The molecule has 0 aliphatic heterocycles. The third-order valence-electron chi connectivity index (χ3n) is 5.11. The fourth-order valence-electron chi connectivity index (χ4n) is 3.72. The Morgan fingerprint density at radius 2 is 1.04 bits per heavy atom. The molecular formula is C21H26N2O2. The summed E-state index contributed by atoms with van der Waals surface area (Å²) in [4.78, 5) is 0. The van der Waals surface area contributed by atoms with Crippen LogP contribution in [0, 0.1) is 41.5 Å². The van der Waals surface area contributed by atoms with Gasteiger partial charge in [0, 0.05) is 11.1 Å². The SMILES string of the molecule is Cc1cc(C)c(Cc2c(C)cc(C)c(/C=N/O)c2C)c(C)c1/C=N/O. The quantitative estimate of drug-likeness (QED) is 0.480. The number of benzene rings is 2. The molecule has 0 bridgehead atoms. The highest BCUT2D eigenvalue weighted by atomic mass is 16.4. The lowest BCUT2D eigenvalue weighted by Gasteiger charge is -2.19. The molecule has 0 amide bonds. The summed E-state index contributed by atoms with van der Waals surface area (Å²) in [6, 6.07) is 4.27. The van der Waals surface area contributed by atoms with Crippen molar-refractivity contribution in [3.8, 4) is 0 Å². The molecule has 2 rings (SSSR count). The first-order valence-electron chi connectivity index (χ1n) is 8.36. The lowest BCUT2D eigenvalue weighted by atomic mass is 9.85. The van der Waals surface area contributed by atoms with E-state index in [2.05, 4.69) is 50.1 Å². The van der Waals surface area contributed by atoms with E-state index in [1.165, 1.54) is 34.7 Å². The van der Waals surface area contributed by atoms with Gasteiger partial charge >= 0.3 is 0 Å². The predicted molar refractivity (Wildman–Crippen MR) is 103 cm³/mol. The standard InChI is InChI=1S/C21H26N2O2/c1-12-7-14(3)20(10-22-24)16(5)18(12)9-19-13(2)8-15(4)21(11-23-25)17(19)6/h7-8,10-11,24-25H,9H2,1-6H3/b22-10+,23-11+. The zero-order valence-electron chi connectivity index (χ0n) is 15.8. The zero-order valence-corrected chi connectivity index (χ0v) is 15.8. The van der Waals surface area contributed by atoms with E-state index in [4.69, 9.17) is 10.4 Å². The maximum Gasteiger partial charge on any atom is 0.0739 e. The van der Waals surface area contributed by atoms with Gasteiger partial charge in [0.2, 0.25) is 0 Å². The van der Waals surface area contributed by atoms with Crippen LogP contribution in [0.25, 0.3) is 0 Å². The van der Waals surface area contributed by atoms with E-state index < -0.39 is 0 Å². The molecule has 0 aromatic heterocycles. The number of hydrogen-bond acceptors (Lipinski definition) is 4. The van der Waals surface area contributed by atoms with Crippen molar-refractivity contribution < 1.29 is 10.4 Å². The van der Waals surface area contributed by atoms with Crippen molar-refractivity contribution in [1.82, 2.24) is 0 Å².